The minimum absolute atomic E-state index is 0.0645. The van der Waals surface area contributed by atoms with Gasteiger partial charge in [0.25, 0.3) is 0 Å². The summed E-state index contributed by atoms with van der Waals surface area (Å²) in [5.41, 5.74) is 1.29. The first-order valence-corrected chi connectivity index (χ1v) is 9.85. The fourth-order valence-corrected chi connectivity index (χ4v) is 3.80. The molecule has 0 bridgehead atoms. The zero-order chi connectivity index (χ0) is 18.2. The van der Waals surface area contributed by atoms with Crippen LogP contribution in [0.15, 0.2) is 65.6 Å². The number of carbonyl (C=O) groups excluding carboxylic acids is 1. The van der Waals surface area contributed by atoms with Gasteiger partial charge in [-0.15, -0.1) is 11.8 Å². The second kappa shape index (κ2) is 9.76. The molecule has 0 radical (unpaired) electrons. The number of carbonyl (C=O) groups is 1. The molecule has 0 amide bonds. The Hall–Kier alpha value is -1.82. The Labute approximate surface area is 159 Å². The number of benzene rings is 2. The number of hydrogen-bond donors (Lipinski definition) is 0. The van der Waals surface area contributed by atoms with Gasteiger partial charge in [-0.3, -0.25) is 9.69 Å². The predicted octanol–water partition coefficient (Wildman–Crippen LogP) is 3.61. The van der Waals surface area contributed by atoms with Crippen molar-refractivity contribution >= 4 is 17.7 Å². The van der Waals surface area contributed by atoms with Crippen molar-refractivity contribution in [1.29, 1.82) is 0 Å². The molecule has 1 heterocycles. The van der Waals surface area contributed by atoms with Crippen molar-refractivity contribution in [2.75, 3.05) is 26.3 Å². The fourth-order valence-electron chi connectivity index (χ4n) is 2.91. The van der Waals surface area contributed by atoms with Gasteiger partial charge >= 0.3 is 5.97 Å². The Kier molecular flexibility index (Phi) is 7.12. The lowest BCUT2D eigenvalue weighted by Crippen LogP contribution is -2.44. The maximum absolute atomic E-state index is 12.3. The van der Waals surface area contributed by atoms with Gasteiger partial charge in [0.15, 0.2) is 0 Å². The van der Waals surface area contributed by atoms with Crippen molar-refractivity contribution in [3.05, 3.63) is 66.2 Å². The fraction of sp³-hybridized carbons (Fsp3) is 0.381. The zero-order valence-electron chi connectivity index (χ0n) is 15.0. The normalized spacial score (nSPS) is 19.0. The molecule has 0 aromatic heterocycles. The molecule has 0 saturated carbocycles. The van der Waals surface area contributed by atoms with Gasteiger partial charge < -0.3 is 9.47 Å². The van der Waals surface area contributed by atoms with E-state index in [1.165, 1.54) is 17.3 Å². The Morgan fingerprint density at radius 3 is 2.62 bits per heavy atom. The monoisotopic (exact) mass is 371 g/mol. The highest BCUT2D eigenvalue weighted by molar-refractivity contribution is 8.00. The summed E-state index contributed by atoms with van der Waals surface area (Å²) >= 11 is 1.51. The maximum atomic E-state index is 12.3. The number of nitrogens with zero attached hydrogens (tertiary/aromatic N) is 1. The summed E-state index contributed by atoms with van der Waals surface area (Å²) in [5.74, 6) is -0.192. The molecule has 2 aromatic rings. The van der Waals surface area contributed by atoms with Crippen molar-refractivity contribution in [1.82, 2.24) is 4.90 Å². The molecule has 1 aliphatic rings. The number of morpholine rings is 1. The Balaban J connectivity index is 1.42. The lowest BCUT2D eigenvalue weighted by atomic mass is 10.2. The summed E-state index contributed by atoms with van der Waals surface area (Å²) in [4.78, 5) is 15.7. The molecule has 138 valence electrons. The molecule has 26 heavy (non-hydrogen) atoms. The van der Waals surface area contributed by atoms with E-state index in [4.69, 9.17) is 9.47 Å². The van der Waals surface area contributed by atoms with Gasteiger partial charge in [0.2, 0.25) is 0 Å². The highest BCUT2D eigenvalue weighted by Gasteiger charge is 2.23. The van der Waals surface area contributed by atoms with Crippen LogP contribution in [0.4, 0.5) is 0 Å². The van der Waals surface area contributed by atoms with Gasteiger partial charge in [-0.05, 0) is 24.6 Å². The number of ether oxygens (including phenoxy) is 2. The minimum atomic E-state index is -0.235. The smallest absolute Gasteiger partial charge is 0.319 e. The molecule has 1 fully saturated rings. The average Bonchev–Trinajstić information content (AvgIpc) is 2.68. The quantitative estimate of drug-likeness (QED) is 0.549. The third kappa shape index (κ3) is 5.87. The summed E-state index contributed by atoms with van der Waals surface area (Å²) in [5, 5.41) is -0.235. The van der Waals surface area contributed by atoms with Gasteiger partial charge in [-0.25, -0.2) is 0 Å². The number of esters is 1. The summed E-state index contributed by atoms with van der Waals surface area (Å²) < 4.78 is 11.3. The Bertz CT molecular complexity index is 680. The molecule has 0 aliphatic carbocycles. The van der Waals surface area contributed by atoms with E-state index in [0.717, 1.165) is 24.5 Å². The molecule has 1 aliphatic heterocycles. The van der Waals surface area contributed by atoms with Crippen LogP contribution < -0.4 is 0 Å². The molecule has 4 nitrogen and oxygen atoms in total. The van der Waals surface area contributed by atoms with Gasteiger partial charge in [-0.1, -0.05) is 48.5 Å². The van der Waals surface area contributed by atoms with E-state index in [1.54, 1.807) is 0 Å². The molecule has 3 rings (SSSR count). The first-order chi connectivity index (χ1) is 12.7. The Morgan fingerprint density at radius 2 is 1.88 bits per heavy atom. The van der Waals surface area contributed by atoms with E-state index in [9.17, 15) is 4.79 Å². The van der Waals surface area contributed by atoms with Gasteiger partial charge in [-0.2, -0.15) is 0 Å². The van der Waals surface area contributed by atoms with E-state index in [0.29, 0.717) is 13.2 Å². The largest absolute Gasteiger partial charge is 0.462 e. The second-order valence-corrected chi connectivity index (χ2v) is 7.83. The van der Waals surface area contributed by atoms with Crippen LogP contribution in [-0.2, 0) is 20.8 Å². The van der Waals surface area contributed by atoms with E-state index < -0.39 is 0 Å². The molecule has 1 saturated heterocycles. The third-order valence-corrected chi connectivity index (χ3v) is 5.36. The highest BCUT2D eigenvalue weighted by atomic mass is 32.2. The van der Waals surface area contributed by atoms with Crippen molar-refractivity contribution in [2.24, 2.45) is 0 Å². The summed E-state index contributed by atoms with van der Waals surface area (Å²) in [7, 11) is 0. The molecular weight excluding hydrogens is 346 g/mol. The molecular formula is C21H25NO3S. The van der Waals surface area contributed by atoms with Gasteiger partial charge in [0.1, 0.15) is 18.0 Å². The van der Waals surface area contributed by atoms with Crippen LogP contribution in [0.2, 0.25) is 0 Å². The molecule has 2 aromatic carbocycles. The third-order valence-electron chi connectivity index (χ3n) is 4.27. The van der Waals surface area contributed by atoms with E-state index in [-0.39, 0.29) is 17.3 Å². The van der Waals surface area contributed by atoms with Gasteiger partial charge in [0, 0.05) is 24.5 Å². The predicted molar refractivity (Wildman–Crippen MR) is 104 cm³/mol. The van der Waals surface area contributed by atoms with Gasteiger partial charge in [0.05, 0.1) is 6.61 Å². The number of rotatable bonds is 7. The van der Waals surface area contributed by atoms with Crippen LogP contribution in [0.5, 0.6) is 0 Å². The first-order valence-electron chi connectivity index (χ1n) is 8.97. The Morgan fingerprint density at radius 1 is 1.19 bits per heavy atom. The van der Waals surface area contributed by atoms with E-state index >= 15 is 0 Å². The lowest BCUT2D eigenvalue weighted by molar-refractivity contribution is -0.149. The summed E-state index contributed by atoms with van der Waals surface area (Å²) in [6, 6.07) is 20.3. The highest BCUT2D eigenvalue weighted by Crippen LogP contribution is 2.23. The molecule has 5 heteroatoms. The van der Waals surface area contributed by atoms with Crippen LogP contribution >= 0.6 is 11.8 Å². The average molecular weight is 372 g/mol. The van der Waals surface area contributed by atoms with E-state index in [1.807, 2.05) is 43.3 Å². The van der Waals surface area contributed by atoms with E-state index in [2.05, 4.69) is 29.2 Å². The van der Waals surface area contributed by atoms with Crippen LogP contribution in [0.25, 0.3) is 0 Å². The first kappa shape index (κ1) is 19.0. The molecule has 2 unspecified atom stereocenters. The molecule has 0 spiro atoms. The zero-order valence-corrected chi connectivity index (χ0v) is 15.9. The lowest BCUT2D eigenvalue weighted by Gasteiger charge is -2.32. The standard InChI is InChI=1S/C21H25NO3S/c1-17(26-20-10-6-3-7-11-20)21(23)25-16-19-15-22(12-13-24-19)14-18-8-4-2-5-9-18/h2-11,17,19H,12-16H2,1H3. The summed E-state index contributed by atoms with van der Waals surface area (Å²) in [6.07, 6.45) is -0.0645. The van der Waals surface area contributed by atoms with Crippen LogP contribution in [0.1, 0.15) is 12.5 Å². The summed E-state index contributed by atoms with van der Waals surface area (Å²) in [6.45, 7) is 5.44. The minimum Gasteiger partial charge on any atom is -0.462 e. The number of hydrogen-bond acceptors (Lipinski definition) is 5. The van der Waals surface area contributed by atoms with Crippen molar-refractivity contribution in [3.8, 4) is 0 Å². The topological polar surface area (TPSA) is 38.8 Å². The molecule has 0 N–H and O–H groups in total. The van der Waals surface area contributed by atoms with Crippen molar-refractivity contribution < 1.29 is 14.3 Å². The SMILES string of the molecule is CC(Sc1ccccc1)C(=O)OCC1CN(Cc2ccccc2)CCO1. The van der Waals surface area contributed by atoms with Crippen molar-refractivity contribution in [2.45, 2.75) is 29.7 Å². The van der Waals surface area contributed by atoms with Crippen molar-refractivity contribution in [3.63, 3.8) is 0 Å². The number of thioether (sulfide) groups is 1. The van der Waals surface area contributed by atoms with Crippen LogP contribution in [0, 0.1) is 0 Å². The molecule has 2 atom stereocenters. The van der Waals surface area contributed by atoms with Crippen LogP contribution in [0.3, 0.4) is 0 Å². The van der Waals surface area contributed by atoms with Crippen LogP contribution in [-0.4, -0.2) is 48.5 Å². The second-order valence-electron chi connectivity index (χ2n) is 6.42. The maximum Gasteiger partial charge on any atom is 0.319 e.